The van der Waals surface area contributed by atoms with E-state index in [1.807, 2.05) is 32.0 Å². The molecule has 1 rings (SSSR count). The van der Waals surface area contributed by atoms with Crippen LogP contribution in [0.3, 0.4) is 0 Å². The summed E-state index contributed by atoms with van der Waals surface area (Å²) in [6.45, 7) is 3.93. The van der Waals surface area contributed by atoms with Crippen LogP contribution in [0.2, 0.25) is 0 Å². The third-order valence-corrected chi connectivity index (χ3v) is 3.07. The summed E-state index contributed by atoms with van der Waals surface area (Å²) in [5, 5.41) is 0. The first kappa shape index (κ1) is 11.2. The van der Waals surface area contributed by atoms with Gasteiger partial charge in [0.15, 0.2) is 0 Å². The van der Waals surface area contributed by atoms with Gasteiger partial charge >= 0.3 is 0 Å². The molecule has 1 N–H and O–H groups in total. The van der Waals surface area contributed by atoms with Gasteiger partial charge in [-0.05, 0) is 37.0 Å². The summed E-state index contributed by atoms with van der Waals surface area (Å²) in [7, 11) is -3.85. The van der Waals surface area contributed by atoms with Crippen molar-refractivity contribution in [1.29, 1.82) is 0 Å². The molecular weight excluding hydrogens is 200 g/mol. The van der Waals surface area contributed by atoms with Crippen molar-refractivity contribution >= 4 is 10.1 Å². The molecule has 0 saturated heterocycles. The lowest BCUT2D eigenvalue weighted by molar-refractivity contribution is 0.482. The van der Waals surface area contributed by atoms with Crippen LogP contribution >= 0.6 is 0 Å². The zero-order chi connectivity index (χ0) is 10.8. The second-order valence-electron chi connectivity index (χ2n) is 3.40. The van der Waals surface area contributed by atoms with Crippen LogP contribution in [0.1, 0.15) is 16.7 Å². The molecule has 0 spiro atoms. The third-order valence-electron chi connectivity index (χ3n) is 2.35. The van der Waals surface area contributed by atoms with Gasteiger partial charge in [-0.3, -0.25) is 4.55 Å². The van der Waals surface area contributed by atoms with E-state index in [0.717, 1.165) is 16.7 Å². The van der Waals surface area contributed by atoms with E-state index in [-0.39, 0.29) is 5.75 Å². The molecule has 0 fully saturated rings. The second kappa shape index (κ2) is 4.11. The van der Waals surface area contributed by atoms with E-state index >= 15 is 0 Å². The van der Waals surface area contributed by atoms with Crippen LogP contribution in [-0.4, -0.2) is 18.7 Å². The molecule has 1 aromatic rings. The van der Waals surface area contributed by atoms with Crippen LogP contribution in [-0.2, 0) is 16.5 Å². The average Bonchev–Trinajstić information content (AvgIpc) is 2.06. The Hall–Kier alpha value is -0.870. The van der Waals surface area contributed by atoms with Crippen molar-refractivity contribution in [2.75, 3.05) is 5.75 Å². The summed E-state index contributed by atoms with van der Waals surface area (Å²) in [6.07, 6.45) is 0.367. The number of aryl methyl sites for hydroxylation is 2. The second-order valence-corrected chi connectivity index (χ2v) is 4.97. The van der Waals surface area contributed by atoms with Crippen LogP contribution in [0.15, 0.2) is 18.2 Å². The first-order chi connectivity index (χ1) is 6.40. The molecule has 0 unspecified atom stereocenters. The van der Waals surface area contributed by atoms with E-state index in [9.17, 15) is 8.42 Å². The Morgan fingerprint density at radius 2 is 1.93 bits per heavy atom. The minimum absolute atomic E-state index is 0.211. The molecule has 78 valence electrons. The highest BCUT2D eigenvalue weighted by Crippen LogP contribution is 2.13. The highest BCUT2D eigenvalue weighted by Gasteiger charge is 2.07. The van der Waals surface area contributed by atoms with Crippen LogP contribution in [0.4, 0.5) is 0 Å². The first-order valence-corrected chi connectivity index (χ1v) is 6.01. The van der Waals surface area contributed by atoms with E-state index in [2.05, 4.69) is 0 Å². The fourth-order valence-electron chi connectivity index (χ4n) is 1.32. The number of benzene rings is 1. The van der Waals surface area contributed by atoms with Crippen LogP contribution in [0, 0.1) is 13.8 Å². The summed E-state index contributed by atoms with van der Waals surface area (Å²) in [6, 6.07) is 5.75. The summed E-state index contributed by atoms with van der Waals surface area (Å²) >= 11 is 0. The highest BCUT2D eigenvalue weighted by atomic mass is 32.2. The number of hydrogen-bond donors (Lipinski definition) is 1. The number of rotatable bonds is 3. The summed E-state index contributed by atoms with van der Waals surface area (Å²) in [5.74, 6) is -0.211. The predicted octanol–water partition coefficient (Wildman–Crippen LogP) is 1.73. The van der Waals surface area contributed by atoms with Crippen LogP contribution < -0.4 is 0 Å². The molecule has 3 nitrogen and oxygen atoms in total. The summed E-state index contributed by atoms with van der Waals surface area (Å²) in [5.41, 5.74) is 3.21. The lowest BCUT2D eigenvalue weighted by atomic mass is 10.0. The fraction of sp³-hybridized carbons (Fsp3) is 0.400. The van der Waals surface area contributed by atoms with Gasteiger partial charge in [0, 0.05) is 0 Å². The molecule has 0 saturated carbocycles. The van der Waals surface area contributed by atoms with Crippen LogP contribution in [0.25, 0.3) is 0 Å². The first-order valence-electron chi connectivity index (χ1n) is 4.40. The lowest BCUT2D eigenvalue weighted by Gasteiger charge is -2.06. The van der Waals surface area contributed by atoms with Gasteiger partial charge in [-0.15, -0.1) is 0 Å². The Bertz CT molecular complexity index is 421. The van der Waals surface area contributed by atoms with E-state index < -0.39 is 10.1 Å². The minimum atomic E-state index is -3.85. The lowest BCUT2D eigenvalue weighted by Crippen LogP contribution is -2.07. The highest BCUT2D eigenvalue weighted by molar-refractivity contribution is 7.85. The standard InChI is InChI=1S/C10H14O3S/c1-8-4-3-5-10(9(8)2)6-7-14(11,12)13/h3-5H,6-7H2,1-2H3,(H,11,12,13). The summed E-state index contributed by atoms with van der Waals surface area (Å²) < 4.78 is 29.7. The van der Waals surface area contributed by atoms with Crippen molar-refractivity contribution in [1.82, 2.24) is 0 Å². The van der Waals surface area contributed by atoms with Crippen molar-refractivity contribution in [3.8, 4) is 0 Å². The Morgan fingerprint density at radius 3 is 2.50 bits per heavy atom. The molecule has 0 radical (unpaired) electrons. The molecule has 0 aromatic heterocycles. The molecule has 0 atom stereocenters. The Balaban J connectivity index is 2.83. The van der Waals surface area contributed by atoms with Crippen molar-refractivity contribution in [2.45, 2.75) is 20.3 Å². The maximum atomic E-state index is 10.6. The van der Waals surface area contributed by atoms with Crippen LogP contribution in [0.5, 0.6) is 0 Å². The SMILES string of the molecule is Cc1cccc(CCS(=O)(=O)O)c1C. The molecule has 0 amide bonds. The molecule has 0 heterocycles. The molecule has 4 heteroatoms. The average molecular weight is 214 g/mol. The smallest absolute Gasteiger partial charge is 0.265 e. The quantitative estimate of drug-likeness (QED) is 0.780. The zero-order valence-electron chi connectivity index (χ0n) is 8.32. The minimum Gasteiger partial charge on any atom is -0.286 e. The van der Waals surface area contributed by atoms with Crippen molar-refractivity contribution in [3.63, 3.8) is 0 Å². The van der Waals surface area contributed by atoms with E-state index in [0.29, 0.717) is 6.42 Å². The molecule has 0 aliphatic carbocycles. The number of hydrogen-bond acceptors (Lipinski definition) is 2. The van der Waals surface area contributed by atoms with Gasteiger partial charge < -0.3 is 0 Å². The van der Waals surface area contributed by atoms with Gasteiger partial charge in [0.1, 0.15) is 0 Å². The van der Waals surface area contributed by atoms with Gasteiger partial charge in [-0.1, -0.05) is 18.2 Å². The third kappa shape index (κ3) is 3.12. The molecule has 0 aliphatic heterocycles. The van der Waals surface area contributed by atoms with Gasteiger partial charge in [0.25, 0.3) is 10.1 Å². The largest absolute Gasteiger partial charge is 0.286 e. The maximum absolute atomic E-state index is 10.6. The van der Waals surface area contributed by atoms with E-state index in [1.54, 1.807) is 0 Å². The molecule has 0 bridgehead atoms. The molecule has 0 aliphatic rings. The van der Waals surface area contributed by atoms with Gasteiger partial charge in [-0.25, -0.2) is 0 Å². The Labute approximate surface area is 84.5 Å². The maximum Gasteiger partial charge on any atom is 0.265 e. The fourth-order valence-corrected chi connectivity index (χ4v) is 1.80. The Morgan fingerprint density at radius 1 is 1.29 bits per heavy atom. The van der Waals surface area contributed by atoms with Crippen molar-refractivity contribution in [2.24, 2.45) is 0 Å². The summed E-state index contributed by atoms with van der Waals surface area (Å²) in [4.78, 5) is 0. The van der Waals surface area contributed by atoms with Crippen molar-refractivity contribution < 1.29 is 13.0 Å². The Kier molecular flexibility index (Phi) is 3.29. The van der Waals surface area contributed by atoms with E-state index in [4.69, 9.17) is 4.55 Å². The van der Waals surface area contributed by atoms with Gasteiger partial charge in [0.2, 0.25) is 0 Å². The monoisotopic (exact) mass is 214 g/mol. The van der Waals surface area contributed by atoms with Gasteiger partial charge in [-0.2, -0.15) is 8.42 Å². The predicted molar refractivity (Wildman–Crippen MR) is 56.0 cm³/mol. The molecule has 1 aromatic carbocycles. The topological polar surface area (TPSA) is 54.4 Å². The molecular formula is C10H14O3S. The zero-order valence-corrected chi connectivity index (χ0v) is 9.13. The van der Waals surface area contributed by atoms with E-state index in [1.165, 1.54) is 0 Å². The van der Waals surface area contributed by atoms with Crippen molar-refractivity contribution in [3.05, 3.63) is 34.9 Å². The normalized spacial score (nSPS) is 11.6. The molecule has 14 heavy (non-hydrogen) atoms. The van der Waals surface area contributed by atoms with Gasteiger partial charge in [0.05, 0.1) is 5.75 Å².